The second-order valence-electron chi connectivity index (χ2n) is 8.24. The van der Waals surface area contributed by atoms with Gasteiger partial charge in [0, 0.05) is 29.6 Å². The molecule has 0 aliphatic carbocycles. The molecule has 4 rings (SSSR count). The molecular formula is C28H34N4O3. The fraction of sp³-hybridized carbons (Fsp3) is 0.357. The van der Waals surface area contributed by atoms with Gasteiger partial charge in [0.15, 0.2) is 0 Å². The van der Waals surface area contributed by atoms with Gasteiger partial charge in [0.1, 0.15) is 18.1 Å². The van der Waals surface area contributed by atoms with Gasteiger partial charge in [-0.25, -0.2) is 9.97 Å². The van der Waals surface area contributed by atoms with E-state index in [2.05, 4.69) is 35.1 Å². The van der Waals surface area contributed by atoms with Crippen molar-refractivity contribution in [3.8, 4) is 22.8 Å². The lowest BCUT2D eigenvalue weighted by Gasteiger charge is -2.19. The highest BCUT2D eigenvalue weighted by atomic mass is 16.5. The summed E-state index contributed by atoms with van der Waals surface area (Å²) in [7, 11) is 0. The van der Waals surface area contributed by atoms with Gasteiger partial charge in [0.2, 0.25) is 5.95 Å². The molecule has 1 aromatic heterocycles. The molecule has 184 valence electrons. The van der Waals surface area contributed by atoms with Crippen LogP contribution < -0.4 is 14.8 Å². The third kappa shape index (κ3) is 7.28. The van der Waals surface area contributed by atoms with E-state index in [9.17, 15) is 0 Å². The van der Waals surface area contributed by atoms with Crippen LogP contribution in [0.2, 0.25) is 0 Å². The zero-order chi connectivity index (χ0) is 24.3. The highest BCUT2D eigenvalue weighted by molar-refractivity contribution is 5.64. The van der Waals surface area contributed by atoms with Crippen LogP contribution in [0.4, 0.5) is 11.6 Å². The number of hydrogen-bond acceptors (Lipinski definition) is 7. The number of rotatable bonds is 6. The van der Waals surface area contributed by atoms with E-state index in [0.29, 0.717) is 32.4 Å². The topological polar surface area (TPSA) is 68.7 Å². The average Bonchev–Trinajstić information content (AvgIpc) is 2.89. The van der Waals surface area contributed by atoms with Crippen molar-refractivity contribution in [2.45, 2.75) is 26.9 Å². The minimum atomic E-state index is 0.447. The van der Waals surface area contributed by atoms with Crippen molar-refractivity contribution in [3.63, 3.8) is 0 Å². The number of nitrogens with one attached hydrogen (secondary N) is 1. The summed E-state index contributed by atoms with van der Waals surface area (Å²) in [4.78, 5) is 11.5. The Bertz CT molecular complexity index is 1110. The van der Waals surface area contributed by atoms with Gasteiger partial charge in [-0.15, -0.1) is 0 Å². The summed E-state index contributed by atoms with van der Waals surface area (Å²) >= 11 is 0. The number of ether oxygens (including phenoxy) is 3. The molecule has 0 atom stereocenters. The van der Waals surface area contributed by atoms with E-state index in [4.69, 9.17) is 19.2 Å². The van der Waals surface area contributed by atoms with Crippen LogP contribution in [0.15, 0.2) is 66.9 Å². The minimum absolute atomic E-state index is 0.447. The van der Waals surface area contributed by atoms with Crippen LogP contribution in [0.5, 0.6) is 11.5 Å². The second-order valence-corrected chi connectivity index (χ2v) is 8.24. The summed E-state index contributed by atoms with van der Waals surface area (Å²) in [5.41, 5.74) is 3.67. The maximum Gasteiger partial charge on any atom is 0.227 e. The normalized spacial score (nSPS) is 14.8. The average molecular weight is 475 g/mol. The molecule has 7 heteroatoms. The van der Waals surface area contributed by atoms with Crippen LogP contribution in [0.3, 0.4) is 0 Å². The molecule has 2 aromatic carbocycles. The van der Waals surface area contributed by atoms with Gasteiger partial charge in [0.25, 0.3) is 0 Å². The predicted molar refractivity (Wildman–Crippen MR) is 139 cm³/mol. The molecule has 0 saturated heterocycles. The fourth-order valence-electron chi connectivity index (χ4n) is 3.86. The maximum atomic E-state index is 6.14. The molecular weight excluding hydrogens is 440 g/mol. The molecule has 0 amide bonds. The molecule has 1 aliphatic rings. The van der Waals surface area contributed by atoms with Crippen LogP contribution in [0, 0.1) is 0 Å². The standard InChI is InChI=1S/C28H34N4O3/c1-3-32(4-2)15-18-35-27-12-11-24-19-23(27)21-33-16-6-5-7-17-34-25-10-8-9-22(20-25)26-13-14-29-28(30-24)31-26/h5-6,8-14,19-20H,3-4,7,15-18,21H2,1-2H3,(H,29,30,31)/b6-5+. The summed E-state index contributed by atoms with van der Waals surface area (Å²) < 4.78 is 18.0. The van der Waals surface area contributed by atoms with Crippen LogP contribution >= 0.6 is 0 Å². The van der Waals surface area contributed by atoms with Gasteiger partial charge in [-0.1, -0.05) is 38.1 Å². The summed E-state index contributed by atoms with van der Waals surface area (Å²) in [6.07, 6.45) is 6.69. The number of aromatic nitrogens is 2. The van der Waals surface area contributed by atoms with E-state index < -0.39 is 0 Å². The zero-order valence-corrected chi connectivity index (χ0v) is 20.6. The van der Waals surface area contributed by atoms with Crippen LogP contribution in [-0.2, 0) is 11.3 Å². The summed E-state index contributed by atoms with van der Waals surface area (Å²) in [5.74, 6) is 2.18. The van der Waals surface area contributed by atoms with Crippen molar-refractivity contribution in [2.24, 2.45) is 0 Å². The van der Waals surface area contributed by atoms with E-state index >= 15 is 0 Å². The van der Waals surface area contributed by atoms with Gasteiger partial charge < -0.3 is 24.4 Å². The molecule has 0 saturated carbocycles. The lowest BCUT2D eigenvalue weighted by atomic mass is 10.1. The Morgan fingerprint density at radius 3 is 2.86 bits per heavy atom. The molecule has 1 N–H and O–H groups in total. The monoisotopic (exact) mass is 474 g/mol. The summed E-state index contributed by atoms with van der Waals surface area (Å²) in [5, 5.41) is 3.33. The molecule has 7 nitrogen and oxygen atoms in total. The van der Waals surface area contributed by atoms with Crippen molar-refractivity contribution >= 4 is 11.6 Å². The minimum Gasteiger partial charge on any atom is -0.493 e. The Kier molecular flexibility index (Phi) is 9.09. The van der Waals surface area contributed by atoms with Crippen LogP contribution in [0.1, 0.15) is 25.8 Å². The van der Waals surface area contributed by atoms with Gasteiger partial charge >= 0.3 is 0 Å². The van der Waals surface area contributed by atoms with Crippen molar-refractivity contribution in [2.75, 3.05) is 44.8 Å². The Morgan fingerprint density at radius 1 is 1.06 bits per heavy atom. The first-order valence-corrected chi connectivity index (χ1v) is 12.3. The Balaban J connectivity index is 1.57. The van der Waals surface area contributed by atoms with Gasteiger partial charge in [-0.2, -0.15) is 0 Å². The maximum absolute atomic E-state index is 6.14. The molecule has 0 unspecified atom stereocenters. The van der Waals surface area contributed by atoms with Crippen LogP contribution in [0.25, 0.3) is 11.3 Å². The molecule has 2 heterocycles. The van der Waals surface area contributed by atoms with Gasteiger partial charge in [0.05, 0.1) is 25.5 Å². The quantitative estimate of drug-likeness (QED) is 0.476. The number of anilines is 2. The highest BCUT2D eigenvalue weighted by Gasteiger charge is 2.10. The SMILES string of the molecule is CCN(CC)CCOc1ccc2cc1COC/C=C/CCOc1cccc(c1)-c1ccnc(n1)N2. The molecule has 3 aromatic rings. The third-order valence-corrected chi connectivity index (χ3v) is 5.85. The van der Waals surface area contributed by atoms with Gasteiger partial charge in [-0.05, 0) is 55.9 Å². The molecule has 6 bridgehead atoms. The number of fused-ring (bicyclic) bond motifs is 7. The Morgan fingerprint density at radius 2 is 1.97 bits per heavy atom. The highest BCUT2D eigenvalue weighted by Crippen LogP contribution is 2.27. The van der Waals surface area contributed by atoms with Crippen molar-refractivity contribution in [1.82, 2.24) is 14.9 Å². The molecule has 0 radical (unpaired) electrons. The van der Waals surface area contributed by atoms with Crippen LogP contribution in [-0.4, -0.2) is 54.3 Å². The summed E-state index contributed by atoms with van der Waals surface area (Å²) in [6, 6.07) is 15.9. The predicted octanol–water partition coefficient (Wildman–Crippen LogP) is 5.46. The first-order chi connectivity index (χ1) is 17.2. The number of hydrogen-bond donors (Lipinski definition) is 1. The number of benzene rings is 2. The number of likely N-dealkylation sites (N-methyl/N-ethyl adjacent to an activating group) is 1. The van der Waals surface area contributed by atoms with Gasteiger partial charge in [-0.3, -0.25) is 0 Å². The Labute approximate surface area is 207 Å². The third-order valence-electron chi connectivity index (χ3n) is 5.85. The molecule has 35 heavy (non-hydrogen) atoms. The van der Waals surface area contributed by atoms with E-state index in [1.165, 1.54) is 0 Å². The second kappa shape index (κ2) is 12.9. The number of nitrogens with zero attached hydrogens (tertiary/aromatic N) is 3. The fourth-order valence-corrected chi connectivity index (χ4v) is 3.86. The van der Waals surface area contributed by atoms with Crippen molar-refractivity contribution in [1.29, 1.82) is 0 Å². The largest absolute Gasteiger partial charge is 0.493 e. The lowest BCUT2D eigenvalue weighted by molar-refractivity contribution is 0.143. The van der Waals surface area contributed by atoms with E-state index in [-0.39, 0.29) is 0 Å². The van der Waals surface area contributed by atoms with E-state index in [0.717, 1.165) is 60.1 Å². The Hall–Kier alpha value is -3.42. The molecule has 0 spiro atoms. The first-order valence-electron chi connectivity index (χ1n) is 12.3. The lowest BCUT2D eigenvalue weighted by Crippen LogP contribution is -2.28. The first kappa shape index (κ1) is 24.7. The zero-order valence-electron chi connectivity index (χ0n) is 20.6. The summed E-state index contributed by atoms with van der Waals surface area (Å²) in [6.45, 7) is 9.45. The van der Waals surface area contributed by atoms with E-state index in [1.54, 1.807) is 6.20 Å². The van der Waals surface area contributed by atoms with E-state index in [1.807, 2.05) is 54.6 Å². The van der Waals surface area contributed by atoms with Crippen molar-refractivity contribution < 1.29 is 14.2 Å². The molecule has 0 fully saturated rings. The molecule has 1 aliphatic heterocycles. The van der Waals surface area contributed by atoms with Crippen molar-refractivity contribution in [3.05, 3.63) is 72.4 Å². The smallest absolute Gasteiger partial charge is 0.227 e.